The lowest BCUT2D eigenvalue weighted by Gasteiger charge is -1.91. The van der Waals surface area contributed by atoms with E-state index >= 15 is 0 Å². The lowest BCUT2D eigenvalue weighted by molar-refractivity contribution is -0.139. The Morgan fingerprint density at radius 2 is 2.18 bits per heavy atom. The van der Waals surface area contributed by atoms with Crippen molar-refractivity contribution in [1.29, 1.82) is 0 Å². The van der Waals surface area contributed by atoms with Gasteiger partial charge in [0, 0.05) is 6.92 Å². The molecular formula is C8H10O3. The molecule has 3 heteroatoms. The molecule has 0 heterocycles. The maximum Gasteiger partial charge on any atom is 0.303 e. The molecule has 0 aliphatic rings. The van der Waals surface area contributed by atoms with Crippen LogP contribution in [0.2, 0.25) is 0 Å². The number of carbonyl (C=O) groups is 1. The second kappa shape index (κ2) is 6.69. The van der Waals surface area contributed by atoms with Gasteiger partial charge in [-0.25, -0.2) is 0 Å². The van der Waals surface area contributed by atoms with Gasteiger partial charge in [-0.3, -0.25) is 4.79 Å². The molecule has 11 heavy (non-hydrogen) atoms. The van der Waals surface area contributed by atoms with Crippen molar-refractivity contribution < 1.29 is 14.3 Å². The summed E-state index contributed by atoms with van der Waals surface area (Å²) in [4.78, 5) is 10.2. The minimum Gasteiger partial charge on any atom is -0.489 e. The summed E-state index contributed by atoms with van der Waals surface area (Å²) in [6, 6.07) is 0. The summed E-state index contributed by atoms with van der Waals surface area (Å²) in [6.07, 6.45) is 1.31. The Hall–Kier alpha value is -1.43. The second-order valence-corrected chi connectivity index (χ2v) is 1.61. The number of hydrogen-bond donors (Lipinski definition) is 0. The van der Waals surface area contributed by atoms with Gasteiger partial charge >= 0.3 is 5.97 Å². The summed E-state index contributed by atoms with van der Waals surface area (Å²) >= 11 is 0. The first-order valence-corrected chi connectivity index (χ1v) is 3.09. The maximum absolute atomic E-state index is 10.2. The zero-order valence-corrected chi connectivity index (χ0v) is 6.42. The molecule has 0 saturated carbocycles. The minimum atomic E-state index is -0.330. The molecule has 0 N–H and O–H groups in total. The molecule has 0 spiro atoms. The van der Waals surface area contributed by atoms with Crippen LogP contribution >= 0.6 is 0 Å². The van der Waals surface area contributed by atoms with Crippen molar-refractivity contribution in [2.45, 2.75) is 6.92 Å². The summed E-state index contributed by atoms with van der Waals surface area (Å²) < 4.78 is 9.22. The van der Waals surface area contributed by atoms with Crippen LogP contribution in [-0.2, 0) is 14.3 Å². The van der Waals surface area contributed by atoms with Crippen LogP contribution in [0.25, 0.3) is 0 Å². The van der Waals surface area contributed by atoms with Gasteiger partial charge in [0.1, 0.15) is 6.61 Å². The summed E-state index contributed by atoms with van der Waals surface area (Å²) in [5.74, 6) is 4.88. The Bertz CT molecular complexity index is 185. The molecule has 0 radical (unpaired) electrons. The summed E-state index contributed by atoms with van der Waals surface area (Å²) in [7, 11) is 0. The maximum atomic E-state index is 10.2. The molecule has 0 aliphatic heterocycles. The number of carbonyl (C=O) groups excluding carboxylic acids is 1. The number of rotatable bonds is 3. The number of esters is 1. The van der Waals surface area contributed by atoms with Gasteiger partial charge in [0.2, 0.25) is 0 Å². The van der Waals surface area contributed by atoms with Crippen molar-refractivity contribution in [1.82, 2.24) is 0 Å². The van der Waals surface area contributed by atoms with E-state index in [1.807, 2.05) is 0 Å². The van der Waals surface area contributed by atoms with E-state index in [1.165, 1.54) is 13.2 Å². The first-order valence-electron chi connectivity index (χ1n) is 3.09. The predicted octanol–water partition coefficient (Wildman–Crippen LogP) is 0.713. The highest BCUT2D eigenvalue weighted by molar-refractivity contribution is 5.66. The standard InChI is InChI=1S/C8H10O3/c1-3-10-6-4-5-7-11-8(2)9/h3H,1,6-7H2,2H3. The molecule has 0 amide bonds. The zero-order chi connectivity index (χ0) is 8.53. The lowest BCUT2D eigenvalue weighted by atomic mass is 10.6. The normalized spacial score (nSPS) is 7.36. The molecular weight excluding hydrogens is 144 g/mol. The topological polar surface area (TPSA) is 35.5 Å². The molecule has 60 valence electrons. The quantitative estimate of drug-likeness (QED) is 0.260. The Morgan fingerprint density at radius 1 is 1.55 bits per heavy atom. The summed E-state index contributed by atoms with van der Waals surface area (Å²) in [6.45, 7) is 5.07. The van der Waals surface area contributed by atoms with E-state index in [1.54, 1.807) is 0 Å². The van der Waals surface area contributed by atoms with Gasteiger partial charge in [-0.1, -0.05) is 18.4 Å². The predicted molar refractivity (Wildman–Crippen MR) is 40.6 cm³/mol. The fourth-order valence-electron chi connectivity index (χ4n) is 0.340. The van der Waals surface area contributed by atoms with Gasteiger partial charge in [-0.2, -0.15) is 0 Å². The third-order valence-electron chi connectivity index (χ3n) is 0.746. The van der Waals surface area contributed by atoms with Gasteiger partial charge < -0.3 is 9.47 Å². The molecule has 0 fully saturated rings. The first kappa shape index (κ1) is 9.57. The van der Waals surface area contributed by atoms with Crippen molar-refractivity contribution >= 4 is 5.97 Å². The molecule has 0 aliphatic carbocycles. The highest BCUT2D eigenvalue weighted by Crippen LogP contribution is 1.74. The van der Waals surface area contributed by atoms with Crippen LogP contribution in [-0.4, -0.2) is 19.2 Å². The molecule has 0 aromatic rings. The van der Waals surface area contributed by atoms with E-state index in [4.69, 9.17) is 4.74 Å². The zero-order valence-electron chi connectivity index (χ0n) is 6.42. The van der Waals surface area contributed by atoms with Crippen molar-refractivity contribution in [3.8, 4) is 11.8 Å². The average Bonchev–Trinajstić information content (AvgIpc) is 1.96. The molecule has 0 aromatic heterocycles. The molecule has 0 rings (SSSR count). The average molecular weight is 154 g/mol. The summed E-state index contributed by atoms with van der Waals surface area (Å²) in [5.41, 5.74) is 0. The van der Waals surface area contributed by atoms with Gasteiger partial charge in [0.15, 0.2) is 6.61 Å². The van der Waals surface area contributed by atoms with Crippen LogP contribution in [0.1, 0.15) is 6.92 Å². The van der Waals surface area contributed by atoms with E-state index in [9.17, 15) is 4.79 Å². The van der Waals surface area contributed by atoms with Gasteiger partial charge in [0.05, 0.1) is 6.26 Å². The van der Waals surface area contributed by atoms with Crippen LogP contribution in [0.4, 0.5) is 0 Å². The van der Waals surface area contributed by atoms with E-state index in [2.05, 4.69) is 23.2 Å². The first-order chi connectivity index (χ1) is 5.27. The van der Waals surface area contributed by atoms with Crippen molar-refractivity contribution in [3.05, 3.63) is 12.8 Å². The molecule has 0 saturated heterocycles. The van der Waals surface area contributed by atoms with Crippen molar-refractivity contribution in [2.75, 3.05) is 13.2 Å². The van der Waals surface area contributed by atoms with Crippen LogP contribution in [0, 0.1) is 11.8 Å². The molecule has 0 unspecified atom stereocenters. The molecule has 3 nitrogen and oxygen atoms in total. The molecule has 0 aromatic carbocycles. The van der Waals surface area contributed by atoms with Crippen LogP contribution in [0.15, 0.2) is 12.8 Å². The number of ether oxygens (including phenoxy) is 2. The third-order valence-corrected chi connectivity index (χ3v) is 0.746. The molecule has 0 atom stereocenters. The summed E-state index contributed by atoms with van der Waals surface area (Å²) in [5, 5.41) is 0. The van der Waals surface area contributed by atoms with E-state index < -0.39 is 0 Å². The fourth-order valence-corrected chi connectivity index (χ4v) is 0.340. The minimum absolute atomic E-state index is 0.121. The van der Waals surface area contributed by atoms with Gasteiger partial charge in [-0.05, 0) is 0 Å². The van der Waals surface area contributed by atoms with E-state index in [-0.39, 0.29) is 19.2 Å². The Morgan fingerprint density at radius 3 is 2.73 bits per heavy atom. The Balaban J connectivity index is 3.25. The number of hydrogen-bond acceptors (Lipinski definition) is 3. The van der Waals surface area contributed by atoms with Crippen molar-refractivity contribution in [3.63, 3.8) is 0 Å². The Kier molecular flexibility index (Phi) is 5.82. The van der Waals surface area contributed by atoms with Gasteiger partial charge in [0.25, 0.3) is 0 Å². The van der Waals surface area contributed by atoms with Gasteiger partial charge in [-0.15, -0.1) is 0 Å². The van der Waals surface area contributed by atoms with Crippen LogP contribution in [0.3, 0.4) is 0 Å². The SMILES string of the molecule is C=COCC#CCOC(C)=O. The third kappa shape index (κ3) is 8.57. The highest BCUT2D eigenvalue weighted by Gasteiger charge is 1.85. The Labute approximate surface area is 66.0 Å². The van der Waals surface area contributed by atoms with Crippen molar-refractivity contribution in [2.24, 2.45) is 0 Å². The molecule has 0 bridgehead atoms. The largest absolute Gasteiger partial charge is 0.489 e. The highest BCUT2D eigenvalue weighted by atomic mass is 16.5. The van der Waals surface area contributed by atoms with Crippen LogP contribution < -0.4 is 0 Å². The fraction of sp³-hybridized carbons (Fsp3) is 0.375. The second-order valence-electron chi connectivity index (χ2n) is 1.61. The smallest absolute Gasteiger partial charge is 0.303 e. The van der Waals surface area contributed by atoms with Crippen LogP contribution in [0.5, 0.6) is 0 Å². The lowest BCUT2D eigenvalue weighted by Crippen LogP contribution is -1.97. The van der Waals surface area contributed by atoms with E-state index in [0.29, 0.717) is 0 Å². The van der Waals surface area contributed by atoms with E-state index in [0.717, 1.165) is 0 Å². The monoisotopic (exact) mass is 154 g/mol.